The van der Waals surface area contributed by atoms with Crippen LogP contribution in [0.4, 0.5) is 0 Å². The number of hydrogen-bond acceptors (Lipinski definition) is 3. The smallest absolute Gasteiger partial charge is 0.852 e. The first kappa shape index (κ1) is 23.7. The minimum Gasteiger partial charge on any atom is -0.852 e. The molecule has 0 aliphatic heterocycles. The molecule has 0 aromatic heterocycles. The summed E-state index contributed by atoms with van der Waals surface area (Å²) >= 11 is 0. The molecule has 0 spiro atoms. The van der Waals surface area contributed by atoms with Crippen LogP contribution >= 0.6 is 0 Å². The second kappa shape index (κ2) is 18.8. The summed E-state index contributed by atoms with van der Waals surface area (Å²) < 4.78 is 0. The van der Waals surface area contributed by atoms with E-state index in [9.17, 15) is 15.3 Å². The Balaban J connectivity index is -0.0000000450. The SMILES string of the molecule is CC(C)[O-].CC(C)[O-].CC(C)[O-].[Ho+3]. The molecule has 0 fully saturated rings. The van der Waals surface area contributed by atoms with Crippen LogP contribution in [0.1, 0.15) is 41.5 Å². The summed E-state index contributed by atoms with van der Waals surface area (Å²) in [6.07, 6.45) is -1.25. The van der Waals surface area contributed by atoms with E-state index in [0.717, 1.165) is 0 Å². The Bertz CT molecular complexity index is 43.4. The van der Waals surface area contributed by atoms with E-state index < -0.39 is 18.3 Å². The Morgan fingerprint density at radius 1 is 0.538 bits per heavy atom. The van der Waals surface area contributed by atoms with Crippen molar-refractivity contribution in [1.29, 1.82) is 0 Å². The van der Waals surface area contributed by atoms with E-state index in [1.165, 1.54) is 0 Å². The van der Waals surface area contributed by atoms with Crippen molar-refractivity contribution < 1.29 is 53.1 Å². The molecule has 0 rings (SSSR count). The third kappa shape index (κ3) is 1260. The Kier molecular flexibility index (Phi) is 34.4. The summed E-state index contributed by atoms with van der Waals surface area (Å²) in [5.74, 6) is 0. The molecule has 0 bridgehead atoms. The summed E-state index contributed by atoms with van der Waals surface area (Å²) in [5, 5.41) is 28.6. The van der Waals surface area contributed by atoms with Crippen molar-refractivity contribution in [3.63, 3.8) is 0 Å². The van der Waals surface area contributed by atoms with Crippen LogP contribution in [0.25, 0.3) is 0 Å². The maximum atomic E-state index is 9.53. The van der Waals surface area contributed by atoms with Gasteiger partial charge in [0.25, 0.3) is 0 Å². The maximum Gasteiger partial charge on any atom is 3.00 e. The van der Waals surface area contributed by atoms with Crippen LogP contribution < -0.4 is 15.3 Å². The van der Waals surface area contributed by atoms with Crippen molar-refractivity contribution in [2.45, 2.75) is 59.9 Å². The van der Waals surface area contributed by atoms with Crippen LogP contribution in [-0.4, -0.2) is 18.3 Å². The summed E-state index contributed by atoms with van der Waals surface area (Å²) in [6, 6.07) is 0. The first-order valence-corrected chi connectivity index (χ1v) is 4.17. The summed E-state index contributed by atoms with van der Waals surface area (Å²) in [7, 11) is 0. The normalized spacial score (nSPS) is 8.31. The van der Waals surface area contributed by atoms with Gasteiger partial charge in [-0.2, -0.15) is 0 Å². The molecule has 0 amide bonds. The fraction of sp³-hybridized carbons (Fsp3) is 1.00. The van der Waals surface area contributed by atoms with Crippen LogP contribution in [0.3, 0.4) is 0 Å². The van der Waals surface area contributed by atoms with E-state index in [1.807, 2.05) is 0 Å². The van der Waals surface area contributed by atoms with Crippen molar-refractivity contribution in [2.75, 3.05) is 0 Å². The van der Waals surface area contributed by atoms with Crippen molar-refractivity contribution >= 4 is 0 Å². The molecule has 0 heterocycles. The van der Waals surface area contributed by atoms with Gasteiger partial charge in [0.05, 0.1) is 0 Å². The molecule has 0 saturated heterocycles. The van der Waals surface area contributed by atoms with Gasteiger partial charge in [0.1, 0.15) is 0 Å². The first-order chi connectivity index (χ1) is 5.20. The van der Waals surface area contributed by atoms with Crippen molar-refractivity contribution in [1.82, 2.24) is 0 Å². The van der Waals surface area contributed by atoms with E-state index >= 15 is 0 Å². The zero-order chi connectivity index (χ0) is 10.7. The second-order valence-electron chi connectivity index (χ2n) is 3.15. The monoisotopic (exact) mass is 342 g/mol. The van der Waals surface area contributed by atoms with Crippen molar-refractivity contribution in [2.24, 2.45) is 0 Å². The van der Waals surface area contributed by atoms with E-state index in [0.29, 0.717) is 0 Å². The molecule has 13 heavy (non-hydrogen) atoms. The molecule has 0 radical (unpaired) electrons. The molecule has 86 valence electrons. The molecular weight excluding hydrogens is 321 g/mol. The average Bonchev–Trinajstić information content (AvgIpc) is 1.54. The molecular formula is C9H21HoO3. The average molecular weight is 342 g/mol. The van der Waals surface area contributed by atoms with Gasteiger partial charge in [-0.05, 0) is 0 Å². The van der Waals surface area contributed by atoms with E-state index in [2.05, 4.69) is 0 Å². The minimum absolute atomic E-state index is 0. The van der Waals surface area contributed by atoms with Gasteiger partial charge in [0.15, 0.2) is 0 Å². The van der Waals surface area contributed by atoms with Gasteiger partial charge in [-0.15, -0.1) is 18.3 Å². The fourth-order valence-corrected chi connectivity index (χ4v) is 0. The molecule has 0 N–H and O–H groups in total. The fourth-order valence-electron chi connectivity index (χ4n) is 0. The predicted molar refractivity (Wildman–Crippen MR) is 45.4 cm³/mol. The molecule has 0 aliphatic carbocycles. The van der Waals surface area contributed by atoms with E-state index in [1.54, 1.807) is 41.5 Å². The Morgan fingerprint density at radius 3 is 0.538 bits per heavy atom. The third-order valence-corrected chi connectivity index (χ3v) is 0. The largest absolute Gasteiger partial charge is 3.00 e. The Hall–Kier alpha value is 1.14. The van der Waals surface area contributed by atoms with Crippen LogP contribution in [0, 0.1) is 37.7 Å². The number of rotatable bonds is 0. The zero-order valence-corrected chi connectivity index (χ0v) is 11.2. The van der Waals surface area contributed by atoms with Crippen LogP contribution in [0.2, 0.25) is 0 Å². The Labute approximate surface area is 112 Å². The van der Waals surface area contributed by atoms with Gasteiger partial charge in [-0.25, -0.2) is 0 Å². The quantitative estimate of drug-likeness (QED) is 0.545. The topological polar surface area (TPSA) is 69.2 Å². The molecule has 4 heteroatoms. The molecule has 0 aromatic rings. The minimum atomic E-state index is -0.417. The van der Waals surface area contributed by atoms with Gasteiger partial charge < -0.3 is 15.3 Å². The Morgan fingerprint density at radius 2 is 0.538 bits per heavy atom. The molecule has 0 atom stereocenters. The summed E-state index contributed by atoms with van der Waals surface area (Å²) in [5.41, 5.74) is 0. The molecule has 0 aliphatic rings. The van der Waals surface area contributed by atoms with Gasteiger partial charge in [0, 0.05) is 0 Å². The van der Waals surface area contributed by atoms with Crippen molar-refractivity contribution in [3.05, 3.63) is 0 Å². The number of hydrogen-bond donors (Lipinski definition) is 0. The molecule has 0 unspecified atom stereocenters. The van der Waals surface area contributed by atoms with Crippen LogP contribution in [-0.2, 0) is 0 Å². The van der Waals surface area contributed by atoms with Crippen molar-refractivity contribution in [3.8, 4) is 0 Å². The summed E-state index contributed by atoms with van der Waals surface area (Å²) in [6.45, 7) is 9.67. The van der Waals surface area contributed by atoms with E-state index in [-0.39, 0.29) is 37.7 Å². The van der Waals surface area contributed by atoms with Gasteiger partial charge in [0.2, 0.25) is 0 Å². The molecule has 0 saturated carbocycles. The van der Waals surface area contributed by atoms with Crippen LogP contribution in [0.15, 0.2) is 0 Å². The predicted octanol–water partition coefficient (Wildman–Crippen LogP) is -0.735. The third-order valence-electron chi connectivity index (χ3n) is 0. The van der Waals surface area contributed by atoms with Gasteiger partial charge >= 0.3 is 37.7 Å². The van der Waals surface area contributed by atoms with Gasteiger partial charge in [-0.1, -0.05) is 41.5 Å². The summed E-state index contributed by atoms with van der Waals surface area (Å²) in [4.78, 5) is 0. The first-order valence-electron chi connectivity index (χ1n) is 4.17. The molecule has 0 aromatic carbocycles. The second-order valence-corrected chi connectivity index (χ2v) is 3.15. The maximum absolute atomic E-state index is 9.53. The van der Waals surface area contributed by atoms with Crippen LogP contribution in [0.5, 0.6) is 0 Å². The zero-order valence-electron chi connectivity index (χ0n) is 9.26. The standard InChI is InChI=1S/3C3H7O.Ho/c3*1-3(2)4;/h3*3H,1-2H3;/q3*-1;+3. The van der Waals surface area contributed by atoms with E-state index in [4.69, 9.17) is 0 Å². The molecule has 3 nitrogen and oxygen atoms in total. The van der Waals surface area contributed by atoms with Gasteiger partial charge in [-0.3, -0.25) is 0 Å².